The Morgan fingerprint density at radius 3 is 2.29 bits per heavy atom. The SMILES string of the molecule is O=C(CC[NH+]1CCN(C(=O)c2ccccc2)CC1)Nc1ccc(N2CCCC2=O)cc1. The van der Waals surface area contributed by atoms with Crippen LogP contribution in [0.3, 0.4) is 0 Å². The molecule has 2 N–H and O–H groups in total. The van der Waals surface area contributed by atoms with Gasteiger partial charge in [0.25, 0.3) is 5.91 Å². The van der Waals surface area contributed by atoms with Gasteiger partial charge in [-0.05, 0) is 42.8 Å². The van der Waals surface area contributed by atoms with E-state index in [-0.39, 0.29) is 17.7 Å². The summed E-state index contributed by atoms with van der Waals surface area (Å²) in [4.78, 5) is 41.7. The number of piperazine rings is 1. The number of quaternary nitrogens is 1. The maximum Gasteiger partial charge on any atom is 0.254 e. The van der Waals surface area contributed by atoms with Crippen LogP contribution >= 0.6 is 0 Å². The first kappa shape index (κ1) is 21.1. The average Bonchev–Trinajstić information content (AvgIpc) is 3.24. The molecule has 7 heteroatoms. The normalized spacial score (nSPS) is 17.1. The summed E-state index contributed by atoms with van der Waals surface area (Å²) < 4.78 is 0. The standard InChI is InChI=1S/C24H28N4O3/c29-22(25-20-8-10-21(11-9-20)28-13-4-7-23(28)30)12-14-26-15-17-27(18-16-26)24(31)19-5-2-1-3-6-19/h1-3,5-6,8-11H,4,7,12-18H2,(H,25,29)/p+1. The van der Waals surface area contributed by atoms with Crippen molar-refractivity contribution in [1.29, 1.82) is 0 Å². The van der Waals surface area contributed by atoms with Gasteiger partial charge < -0.3 is 20.0 Å². The molecule has 0 saturated carbocycles. The molecule has 0 aliphatic carbocycles. The summed E-state index contributed by atoms with van der Waals surface area (Å²) >= 11 is 0. The Hall–Kier alpha value is -3.19. The van der Waals surface area contributed by atoms with Gasteiger partial charge >= 0.3 is 0 Å². The molecule has 3 amide bonds. The van der Waals surface area contributed by atoms with Gasteiger partial charge in [0.15, 0.2) is 0 Å². The van der Waals surface area contributed by atoms with Crippen LogP contribution in [0.4, 0.5) is 11.4 Å². The predicted molar refractivity (Wildman–Crippen MR) is 119 cm³/mol. The van der Waals surface area contributed by atoms with E-state index in [0.29, 0.717) is 25.9 Å². The molecule has 2 aromatic rings. The maximum atomic E-state index is 12.5. The van der Waals surface area contributed by atoms with Crippen molar-refractivity contribution in [2.24, 2.45) is 0 Å². The van der Waals surface area contributed by atoms with Crippen molar-refractivity contribution < 1.29 is 19.3 Å². The van der Waals surface area contributed by atoms with Crippen LogP contribution in [0.5, 0.6) is 0 Å². The van der Waals surface area contributed by atoms with Crippen LogP contribution < -0.4 is 15.1 Å². The van der Waals surface area contributed by atoms with Gasteiger partial charge in [-0.25, -0.2) is 0 Å². The molecule has 0 atom stereocenters. The number of hydrogen-bond donors (Lipinski definition) is 2. The molecular formula is C24H29N4O3+. The molecule has 0 spiro atoms. The number of hydrogen-bond acceptors (Lipinski definition) is 3. The van der Waals surface area contributed by atoms with E-state index in [9.17, 15) is 14.4 Å². The van der Waals surface area contributed by atoms with E-state index in [4.69, 9.17) is 0 Å². The molecule has 2 aliphatic rings. The number of nitrogens with zero attached hydrogens (tertiary/aromatic N) is 2. The fraction of sp³-hybridized carbons (Fsp3) is 0.375. The van der Waals surface area contributed by atoms with E-state index in [1.807, 2.05) is 59.5 Å². The van der Waals surface area contributed by atoms with E-state index in [2.05, 4.69) is 5.32 Å². The first-order valence-corrected chi connectivity index (χ1v) is 11.0. The Bertz CT molecular complexity index is 922. The fourth-order valence-electron chi connectivity index (χ4n) is 4.20. The molecule has 4 rings (SSSR count). The largest absolute Gasteiger partial charge is 0.332 e. The summed E-state index contributed by atoms with van der Waals surface area (Å²) in [7, 11) is 0. The summed E-state index contributed by atoms with van der Waals surface area (Å²) in [5.74, 6) is 0.224. The van der Waals surface area contributed by atoms with Crippen LogP contribution in [-0.4, -0.2) is 61.9 Å². The Labute approximate surface area is 182 Å². The Morgan fingerprint density at radius 1 is 0.935 bits per heavy atom. The Kier molecular flexibility index (Phi) is 6.62. The number of carbonyl (C=O) groups is 3. The molecule has 162 valence electrons. The van der Waals surface area contributed by atoms with Crippen molar-refractivity contribution in [2.45, 2.75) is 19.3 Å². The van der Waals surface area contributed by atoms with Crippen molar-refractivity contribution in [1.82, 2.24) is 4.90 Å². The van der Waals surface area contributed by atoms with E-state index in [1.165, 1.54) is 4.90 Å². The second kappa shape index (κ2) is 9.75. The lowest BCUT2D eigenvalue weighted by Crippen LogP contribution is -3.15. The molecule has 2 fully saturated rings. The number of carbonyl (C=O) groups excluding carboxylic acids is 3. The van der Waals surface area contributed by atoms with E-state index < -0.39 is 0 Å². The van der Waals surface area contributed by atoms with Crippen molar-refractivity contribution in [3.63, 3.8) is 0 Å². The summed E-state index contributed by atoms with van der Waals surface area (Å²) in [6, 6.07) is 16.8. The summed E-state index contributed by atoms with van der Waals surface area (Å²) in [5, 5.41) is 2.94. The zero-order valence-corrected chi connectivity index (χ0v) is 17.7. The lowest BCUT2D eigenvalue weighted by molar-refractivity contribution is -0.903. The van der Waals surface area contributed by atoms with Crippen LogP contribution in [0.2, 0.25) is 0 Å². The number of rotatable bonds is 6. The zero-order valence-electron chi connectivity index (χ0n) is 17.7. The van der Waals surface area contributed by atoms with Crippen LogP contribution in [0.1, 0.15) is 29.6 Å². The third-order valence-corrected chi connectivity index (χ3v) is 6.02. The summed E-state index contributed by atoms with van der Waals surface area (Å²) in [6.45, 7) is 4.63. The number of amides is 3. The predicted octanol–water partition coefficient (Wildman–Crippen LogP) is 1.18. The van der Waals surface area contributed by atoms with Crippen molar-refractivity contribution in [3.8, 4) is 0 Å². The third kappa shape index (κ3) is 5.30. The van der Waals surface area contributed by atoms with Crippen LogP contribution in [0.25, 0.3) is 0 Å². The van der Waals surface area contributed by atoms with Crippen molar-refractivity contribution >= 4 is 29.1 Å². The molecule has 31 heavy (non-hydrogen) atoms. The molecule has 0 bridgehead atoms. The lowest BCUT2D eigenvalue weighted by atomic mass is 10.2. The van der Waals surface area contributed by atoms with Gasteiger partial charge in [-0.2, -0.15) is 0 Å². The first-order valence-electron chi connectivity index (χ1n) is 11.0. The topological polar surface area (TPSA) is 74.2 Å². The Balaban J connectivity index is 1.19. The highest BCUT2D eigenvalue weighted by molar-refractivity contribution is 5.96. The minimum Gasteiger partial charge on any atom is -0.332 e. The van der Waals surface area contributed by atoms with E-state index >= 15 is 0 Å². The second-order valence-electron chi connectivity index (χ2n) is 8.15. The van der Waals surface area contributed by atoms with Crippen molar-refractivity contribution in [2.75, 3.05) is 49.5 Å². The van der Waals surface area contributed by atoms with Crippen LogP contribution in [0.15, 0.2) is 54.6 Å². The smallest absolute Gasteiger partial charge is 0.254 e. The highest BCUT2D eigenvalue weighted by Crippen LogP contribution is 2.23. The fourth-order valence-corrected chi connectivity index (χ4v) is 4.20. The number of nitrogens with one attached hydrogen (secondary N) is 2. The third-order valence-electron chi connectivity index (χ3n) is 6.02. The van der Waals surface area contributed by atoms with Gasteiger partial charge in [0.2, 0.25) is 11.8 Å². The van der Waals surface area contributed by atoms with Gasteiger partial charge in [-0.3, -0.25) is 14.4 Å². The van der Waals surface area contributed by atoms with Gasteiger partial charge in [0, 0.05) is 29.9 Å². The van der Waals surface area contributed by atoms with Crippen LogP contribution in [-0.2, 0) is 9.59 Å². The minimum atomic E-state index is -0.0136. The van der Waals surface area contributed by atoms with Crippen LogP contribution in [0, 0.1) is 0 Å². The highest BCUT2D eigenvalue weighted by Gasteiger charge is 2.25. The molecule has 0 unspecified atom stereocenters. The lowest BCUT2D eigenvalue weighted by Gasteiger charge is -2.32. The molecule has 2 aromatic carbocycles. The summed E-state index contributed by atoms with van der Waals surface area (Å²) in [5.41, 5.74) is 2.35. The molecule has 0 aromatic heterocycles. The quantitative estimate of drug-likeness (QED) is 0.736. The molecular weight excluding hydrogens is 392 g/mol. The highest BCUT2D eigenvalue weighted by atomic mass is 16.2. The Morgan fingerprint density at radius 2 is 1.65 bits per heavy atom. The minimum absolute atomic E-state index is 0.0136. The van der Waals surface area contributed by atoms with Crippen molar-refractivity contribution in [3.05, 3.63) is 60.2 Å². The number of benzene rings is 2. The maximum absolute atomic E-state index is 12.5. The first-order chi connectivity index (χ1) is 15.1. The average molecular weight is 422 g/mol. The molecule has 2 aliphatic heterocycles. The molecule has 2 heterocycles. The number of anilines is 2. The van der Waals surface area contributed by atoms with E-state index in [1.54, 1.807) is 4.90 Å². The second-order valence-corrected chi connectivity index (χ2v) is 8.15. The summed E-state index contributed by atoms with van der Waals surface area (Å²) in [6.07, 6.45) is 1.94. The van der Waals surface area contributed by atoms with Gasteiger partial charge in [-0.15, -0.1) is 0 Å². The molecule has 0 radical (unpaired) electrons. The zero-order chi connectivity index (χ0) is 21.6. The monoisotopic (exact) mass is 421 g/mol. The molecule has 7 nitrogen and oxygen atoms in total. The van der Waals surface area contributed by atoms with E-state index in [0.717, 1.165) is 49.5 Å². The van der Waals surface area contributed by atoms with Gasteiger partial charge in [0.1, 0.15) is 0 Å². The van der Waals surface area contributed by atoms with Gasteiger partial charge in [0.05, 0.1) is 39.1 Å². The van der Waals surface area contributed by atoms with Gasteiger partial charge in [-0.1, -0.05) is 18.2 Å². The molecule has 2 saturated heterocycles.